The van der Waals surface area contributed by atoms with Gasteiger partial charge < -0.3 is 0 Å². The van der Waals surface area contributed by atoms with E-state index in [9.17, 15) is 9.90 Å². The Morgan fingerprint density at radius 3 is 2.67 bits per heavy atom. The van der Waals surface area contributed by atoms with Crippen molar-refractivity contribution in [3.8, 4) is 0 Å². The average Bonchev–Trinajstić information content (AvgIpc) is 2.55. The van der Waals surface area contributed by atoms with Crippen molar-refractivity contribution in [2.24, 2.45) is 0 Å². The number of carbonyl (C=O) groups excluding carboxylic acids is 1. The fourth-order valence-corrected chi connectivity index (χ4v) is 2.34. The van der Waals surface area contributed by atoms with Gasteiger partial charge in [-0.05, 0) is 0 Å². The molecule has 0 aromatic carbocycles. The molecule has 0 saturated carbocycles. The van der Waals surface area contributed by atoms with Gasteiger partial charge in [-0.15, -0.1) is 0 Å². The van der Waals surface area contributed by atoms with Crippen molar-refractivity contribution in [3.05, 3.63) is 0 Å². The topological polar surface area (TPSA) is 40.5 Å². The van der Waals surface area contributed by atoms with E-state index in [0.29, 0.717) is 20.3 Å². The van der Waals surface area contributed by atoms with E-state index < -0.39 is 6.10 Å². The van der Waals surface area contributed by atoms with Crippen LogP contribution in [0.3, 0.4) is 0 Å². The van der Waals surface area contributed by atoms with E-state index >= 15 is 0 Å². The summed E-state index contributed by atoms with van der Waals surface area (Å²) >= 11 is 0.384. The van der Waals surface area contributed by atoms with Crippen LogP contribution in [0.1, 0.15) is 12.8 Å². The normalized spacial score (nSPS) is 19.7. The van der Waals surface area contributed by atoms with Crippen LogP contribution in [0, 0.1) is 0 Å². The Morgan fingerprint density at radius 1 is 1.58 bits per heavy atom. The molecule has 1 saturated heterocycles. The molecule has 0 radical (unpaired) electrons. The number of aliphatic hydroxyl groups excluding tert-OH is 1. The Hall–Kier alpha value is -0.0505. The van der Waals surface area contributed by atoms with Gasteiger partial charge in [-0.1, -0.05) is 0 Å². The van der Waals surface area contributed by atoms with Gasteiger partial charge in [0.25, 0.3) is 0 Å². The van der Waals surface area contributed by atoms with E-state index in [1.165, 1.54) is 0 Å². The Bertz CT molecular complexity index is 157. The first-order valence-corrected chi connectivity index (χ1v) is 7.14. The molecule has 3 nitrogen and oxygen atoms in total. The van der Waals surface area contributed by atoms with E-state index in [1.807, 2.05) is 5.82 Å². The van der Waals surface area contributed by atoms with Crippen molar-refractivity contribution < 1.29 is 9.90 Å². The molecule has 0 aromatic rings. The van der Waals surface area contributed by atoms with Crippen LogP contribution in [0.5, 0.6) is 0 Å². The maximum atomic E-state index is 11.4. The number of likely N-dealkylation sites (tertiary alicyclic amines) is 1. The van der Waals surface area contributed by atoms with Crippen LogP contribution in [-0.2, 0) is 4.79 Å². The molecule has 0 spiro atoms. The zero-order valence-corrected chi connectivity index (χ0v) is 9.04. The number of nitrogens with zero attached hydrogens (tertiary/aromatic N) is 1. The SMILES string of the molecule is C[Se]CC(O)C(=O)N1CCCC1. The quantitative estimate of drug-likeness (QED) is 0.708. The van der Waals surface area contributed by atoms with Crippen molar-refractivity contribution >= 4 is 20.9 Å². The zero-order valence-electron chi connectivity index (χ0n) is 7.32. The van der Waals surface area contributed by atoms with Crippen molar-refractivity contribution in [2.75, 3.05) is 13.1 Å². The van der Waals surface area contributed by atoms with Gasteiger partial charge in [-0.3, -0.25) is 0 Å². The van der Waals surface area contributed by atoms with Crippen molar-refractivity contribution in [3.63, 3.8) is 0 Å². The summed E-state index contributed by atoms with van der Waals surface area (Å²) in [6.07, 6.45) is 1.46. The molecule has 1 rings (SSSR count). The summed E-state index contributed by atoms with van der Waals surface area (Å²) in [4.78, 5) is 13.2. The summed E-state index contributed by atoms with van der Waals surface area (Å²) in [6.45, 7) is 1.68. The summed E-state index contributed by atoms with van der Waals surface area (Å²) in [6, 6.07) is 0. The van der Waals surface area contributed by atoms with E-state index in [1.54, 1.807) is 4.90 Å². The van der Waals surface area contributed by atoms with E-state index in [2.05, 4.69) is 0 Å². The van der Waals surface area contributed by atoms with Crippen LogP contribution < -0.4 is 0 Å². The number of hydrogen-bond donors (Lipinski definition) is 1. The van der Waals surface area contributed by atoms with E-state index in [-0.39, 0.29) is 5.91 Å². The molecule has 1 aliphatic heterocycles. The summed E-state index contributed by atoms with van der Waals surface area (Å²) in [7, 11) is 0. The fraction of sp³-hybridized carbons (Fsp3) is 0.875. The van der Waals surface area contributed by atoms with Crippen molar-refractivity contribution in [1.29, 1.82) is 0 Å². The summed E-state index contributed by atoms with van der Waals surface area (Å²) in [5.41, 5.74) is 0. The summed E-state index contributed by atoms with van der Waals surface area (Å²) in [5, 5.41) is 10.1. The molecule has 1 fully saturated rings. The summed E-state index contributed by atoms with van der Waals surface area (Å²) < 4.78 is 0. The number of rotatable bonds is 3. The first kappa shape index (κ1) is 10.0. The number of amides is 1. The van der Waals surface area contributed by atoms with E-state index in [4.69, 9.17) is 0 Å². The summed E-state index contributed by atoms with van der Waals surface area (Å²) in [5.74, 6) is 1.98. The van der Waals surface area contributed by atoms with E-state index in [0.717, 1.165) is 25.9 Å². The van der Waals surface area contributed by atoms with Crippen LogP contribution in [0.4, 0.5) is 0 Å². The molecule has 1 heterocycles. The molecule has 1 aliphatic rings. The third-order valence-electron chi connectivity index (χ3n) is 2.03. The van der Waals surface area contributed by atoms with Gasteiger partial charge in [-0.2, -0.15) is 0 Å². The molecule has 0 bridgehead atoms. The molecule has 1 atom stereocenters. The standard InChI is InChI=1S/C8H15NO2Se/c1-12-6-7(10)8(11)9-4-2-3-5-9/h7,10H,2-6H2,1H3. The molecule has 12 heavy (non-hydrogen) atoms. The molecule has 1 unspecified atom stereocenters. The predicted octanol–water partition coefficient (Wildman–Crippen LogP) is 0.140. The van der Waals surface area contributed by atoms with Gasteiger partial charge in [-0.25, -0.2) is 0 Å². The minimum atomic E-state index is -0.729. The Balaban J connectivity index is 2.34. The second-order valence-corrected chi connectivity index (χ2v) is 4.91. The van der Waals surface area contributed by atoms with Gasteiger partial charge in [0.15, 0.2) is 0 Å². The van der Waals surface area contributed by atoms with Crippen molar-refractivity contribution in [1.82, 2.24) is 4.90 Å². The molecule has 0 aromatic heterocycles. The third-order valence-corrected chi connectivity index (χ3v) is 3.39. The van der Waals surface area contributed by atoms with Crippen LogP contribution in [0.25, 0.3) is 0 Å². The number of aliphatic hydroxyl groups is 1. The Labute approximate surface area is 79.3 Å². The maximum absolute atomic E-state index is 11.4. The van der Waals surface area contributed by atoms with Gasteiger partial charge in [0.05, 0.1) is 0 Å². The molecule has 70 valence electrons. The predicted molar refractivity (Wildman–Crippen MR) is 48.2 cm³/mol. The molecular weight excluding hydrogens is 221 g/mol. The Morgan fingerprint density at radius 2 is 2.17 bits per heavy atom. The number of carbonyl (C=O) groups is 1. The van der Waals surface area contributed by atoms with Crippen LogP contribution in [0.15, 0.2) is 0 Å². The van der Waals surface area contributed by atoms with Crippen LogP contribution >= 0.6 is 0 Å². The van der Waals surface area contributed by atoms with Gasteiger partial charge in [0.1, 0.15) is 0 Å². The zero-order chi connectivity index (χ0) is 8.97. The van der Waals surface area contributed by atoms with Gasteiger partial charge >= 0.3 is 78.8 Å². The third kappa shape index (κ3) is 2.47. The van der Waals surface area contributed by atoms with Gasteiger partial charge in [0.2, 0.25) is 0 Å². The second kappa shape index (κ2) is 4.85. The fourth-order valence-electron chi connectivity index (χ4n) is 1.38. The minimum absolute atomic E-state index is 0.0591. The first-order chi connectivity index (χ1) is 5.75. The van der Waals surface area contributed by atoms with Crippen molar-refractivity contribution in [2.45, 2.75) is 30.1 Å². The van der Waals surface area contributed by atoms with Crippen LogP contribution in [-0.4, -0.2) is 50.1 Å². The monoisotopic (exact) mass is 237 g/mol. The molecule has 0 aliphatic carbocycles. The average molecular weight is 236 g/mol. The first-order valence-electron chi connectivity index (χ1n) is 4.21. The van der Waals surface area contributed by atoms with Gasteiger partial charge in [0, 0.05) is 0 Å². The molecule has 1 amide bonds. The second-order valence-electron chi connectivity index (χ2n) is 3.00. The molecule has 4 heteroatoms. The molecular formula is C8H15NO2Se. The van der Waals surface area contributed by atoms with Crippen LogP contribution in [0.2, 0.25) is 11.1 Å². The Kier molecular flexibility index (Phi) is 4.06. The molecule has 1 N–H and O–H groups in total. The number of hydrogen-bond acceptors (Lipinski definition) is 2.